The third kappa shape index (κ3) is 4.94. The van der Waals surface area contributed by atoms with Gasteiger partial charge in [-0.15, -0.1) is 0 Å². The first-order chi connectivity index (χ1) is 13.0. The van der Waals surface area contributed by atoms with Gasteiger partial charge in [0.05, 0.1) is 24.2 Å². The van der Waals surface area contributed by atoms with Crippen molar-refractivity contribution in [2.45, 2.75) is 31.4 Å². The number of morpholine rings is 1. The van der Waals surface area contributed by atoms with Crippen molar-refractivity contribution >= 4 is 15.8 Å². The smallest absolute Gasteiger partial charge is 0.257 e. The number of nitrogens with one attached hydrogen (secondary N) is 1. The van der Waals surface area contributed by atoms with Gasteiger partial charge in [0.2, 0.25) is 10.0 Å². The summed E-state index contributed by atoms with van der Waals surface area (Å²) < 4.78 is 37.6. The van der Waals surface area contributed by atoms with Gasteiger partial charge in [-0.2, -0.15) is 4.31 Å². The molecule has 2 heterocycles. The van der Waals surface area contributed by atoms with Crippen LogP contribution in [0.25, 0.3) is 0 Å². The van der Waals surface area contributed by atoms with Crippen molar-refractivity contribution in [1.29, 1.82) is 0 Å². The molecule has 3 rings (SSSR count). The topological polar surface area (TPSA) is 93.7 Å². The van der Waals surface area contributed by atoms with E-state index in [4.69, 9.17) is 9.47 Å². The monoisotopic (exact) mass is 392 g/mol. The lowest BCUT2D eigenvalue weighted by molar-refractivity contribution is 0.0730. The molecular weight excluding hydrogens is 368 g/mol. The highest BCUT2D eigenvalue weighted by atomic mass is 32.2. The van der Waals surface area contributed by atoms with E-state index in [1.807, 2.05) is 13.8 Å². The standard InChI is InChI=1S/C18H24N4O4S/c1-14(2)26-18-17(19-7-8-20-18)21-13-15-3-5-16(6-4-15)27(23,24)22-9-11-25-12-10-22/h3-8,14H,9-13H2,1-2H3,(H,19,21). The number of hydrogen-bond donors (Lipinski definition) is 1. The van der Waals surface area contributed by atoms with E-state index < -0.39 is 10.0 Å². The summed E-state index contributed by atoms with van der Waals surface area (Å²) in [5.74, 6) is 0.996. The average molecular weight is 392 g/mol. The molecule has 0 spiro atoms. The molecule has 0 saturated carbocycles. The minimum absolute atomic E-state index is 0.00747. The van der Waals surface area contributed by atoms with Gasteiger partial charge in [0.25, 0.3) is 5.88 Å². The van der Waals surface area contributed by atoms with Gasteiger partial charge in [-0.3, -0.25) is 0 Å². The lowest BCUT2D eigenvalue weighted by Crippen LogP contribution is -2.40. The molecule has 1 aromatic carbocycles. The summed E-state index contributed by atoms with van der Waals surface area (Å²) in [6, 6.07) is 6.84. The van der Waals surface area contributed by atoms with Crippen LogP contribution in [0.2, 0.25) is 0 Å². The molecule has 9 heteroatoms. The van der Waals surface area contributed by atoms with Crippen LogP contribution in [0.5, 0.6) is 5.88 Å². The van der Waals surface area contributed by atoms with Crippen LogP contribution in [0.3, 0.4) is 0 Å². The maximum Gasteiger partial charge on any atom is 0.257 e. The fourth-order valence-electron chi connectivity index (χ4n) is 2.66. The largest absolute Gasteiger partial charge is 0.472 e. The second-order valence-electron chi connectivity index (χ2n) is 6.39. The van der Waals surface area contributed by atoms with Crippen LogP contribution in [0.4, 0.5) is 5.82 Å². The zero-order valence-corrected chi connectivity index (χ0v) is 16.3. The Morgan fingerprint density at radius 1 is 1.15 bits per heavy atom. The van der Waals surface area contributed by atoms with Crippen molar-refractivity contribution < 1.29 is 17.9 Å². The molecule has 1 N–H and O–H groups in total. The Bertz CT molecular complexity index is 850. The highest BCUT2D eigenvalue weighted by Crippen LogP contribution is 2.21. The minimum atomic E-state index is -3.48. The second-order valence-corrected chi connectivity index (χ2v) is 8.33. The molecule has 27 heavy (non-hydrogen) atoms. The van der Waals surface area contributed by atoms with E-state index in [2.05, 4.69) is 15.3 Å². The van der Waals surface area contributed by atoms with Crippen LogP contribution in [0.1, 0.15) is 19.4 Å². The van der Waals surface area contributed by atoms with E-state index in [1.54, 1.807) is 36.7 Å². The molecule has 0 unspecified atom stereocenters. The van der Waals surface area contributed by atoms with Crippen molar-refractivity contribution in [3.63, 3.8) is 0 Å². The maximum absolute atomic E-state index is 12.6. The fourth-order valence-corrected chi connectivity index (χ4v) is 4.07. The molecular formula is C18H24N4O4S. The quantitative estimate of drug-likeness (QED) is 0.769. The van der Waals surface area contributed by atoms with Crippen molar-refractivity contribution in [2.24, 2.45) is 0 Å². The predicted octanol–water partition coefficient (Wildman–Crippen LogP) is 1.90. The molecule has 0 bridgehead atoms. The number of rotatable bonds is 7. The lowest BCUT2D eigenvalue weighted by atomic mass is 10.2. The minimum Gasteiger partial charge on any atom is -0.472 e. The van der Waals surface area contributed by atoms with E-state index in [1.165, 1.54) is 4.31 Å². The molecule has 1 saturated heterocycles. The number of hydrogen-bond acceptors (Lipinski definition) is 7. The zero-order chi connectivity index (χ0) is 19.3. The normalized spacial score (nSPS) is 15.7. The number of sulfonamides is 1. The first-order valence-electron chi connectivity index (χ1n) is 8.85. The highest BCUT2D eigenvalue weighted by molar-refractivity contribution is 7.89. The summed E-state index contributed by atoms with van der Waals surface area (Å²) in [5, 5.41) is 3.18. The Morgan fingerprint density at radius 3 is 2.48 bits per heavy atom. The number of anilines is 1. The Balaban J connectivity index is 1.66. The van der Waals surface area contributed by atoms with E-state index in [0.29, 0.717) is 44.5 Å². The number of nitrogens with zero attached hydrogens (tertiary/aromatic N) is 3. The van der Waals surface area contributed by atoms with Crippen molar-refractivity contribution in [2.75, 3.05) is 31.6 Å². The number of aromatic nitrogens is 2. The van der Waals surface area contributed by atoms with E-state index in [-0.39, 0.29) is 11.0 Å². The molecule has 0 atom stereocenters. The molecule has 146 valence electrons. The maximum atomic E-state index is 12.6. The van der Waals surface area contributed by atoms with Gasteiger partial charge in [-0.25, -0.2) is 18.4 Å². The van der Waals surface area contributed by atoms with Gasteiger partial charge >= 0.3 is 0 Å². The Kier molecular flexibility index (Phi) is 6.25. The molecule has 0 radical (unpaired) electrons. The van der Waals surface area contributed by atoms with Gasteiger partial charge in [-0.05, 0) is 31.5 Å². The Hall–Kier alpha value is -2.23. The number of ether oxygens (including phenoxy) is 2. The second kappa shape index (κ2) is 8.64. The zero-order valence-electron chi connectivity index (χ0n) is 15.5. The summed E-state index contributed by atoms with van der Waals surface area (Å²) in [5.41, 5.74) is 0.928. The molecule has 1 aromatic heterocycles. The van der Waals surface area contributed by atoms with Crippen molar-refractivity contribution in [3.8, 4) is 5.88 Å². The van der Waals surface area contributed by atoms with Gasteiger partial charge in [0, 0.05) is 32.0 Å². The molecule has 1 aliphatic heterocycles. The van der Waals surface area contributed by atoms with Crippen LogP contribution in [-0.2, 0) is 21.3 Å². The Morgan fingerprint density at radius 2 is 1.81 bits per heavy atom. The third-order valence-electron chi connectivity index (χ3n) is 4.00. The van der Waals surface area contributed by atoms with E-state index in [9.17, 15) is 8.42 Å². The lowest BCUT2D eigenvalue weighted by Gasteiger charge is -2.26. The highest BCUT2D eigenvalue weighted by Gasteiger charge is 2.26. The summed E-state index contributed by atoms with van der Waals surface area (Å²) in [7, 11) is -3.48. The molecule has 2 aromatic rings. The Labute approximate surface area is 159 Å². The molecule has 0 amide bonds. The third-order valence-corrected chi connectivity index (χ3v) is 5.92. The first kappa shape index (κ1) is 19.5. The summed E-state index contributed by atoms with van der Waals surface area (Å²) in [6.07, 6.45) is 3.16. The van der Waals surface area contributed by atoms with E-state index >= 15 is 0 Å². The number of benzene rings is 1. The van der Waals surface area contributed by atoms with E-state index in [0.717, 1.165) is 5.56 Å². The van der Waals surface area contributed by atoms with Crippen molar-refractivity contribution in [1.82, 2.24) is 14.3 Å². The summed E-state index contributed by atoms with van der Waals surface area (Å²) in [4.78, 5) is 8.73. The molecule has 1 fully saturated rings. The fraction of sp³-hybridized carbons (Fsp3) is 0.444. The summed E-state index contributed by atoms with van der Waals surface area (Å²) in [6.45, 7) is 5.96. The van der Waals surface area contributed by atoms with Crippen LogP contribution in [0.15, 0.2) is 41.6 Å². The first-order valence-corrected chi connectivity index (χ1v) is 10.3. The molecule has 0 aliphatic carbocycles. The SMILES string of the molecule is CC(C)Oc1nccnc1NCc1ccc(S(=O)(=O)N2CCOCC2)cc1. The van der Waals surface area contributed by atoms with Gasteiger partial charge in [0.15, 0.2) is 5.82 Å². The van der Waals surface area contributed by atoms with Gasteiger partial charge in [-0.1, -0.05) is 12.1 Å². The van der Waals surface area contributed by atoms with Crippen LogP contribution in [0, 0.1) is 0 Å². The van der Waals surface area contributed by atoms with Crippen LogP contribution in [-0.4, -0.2) is 55.1 Å². The molecule has 8 nitrogen and oxygen atoms in total. The average Bonchev–Trinajstić information content (AvgIpc) is 2.68. The molecule has 1 aliphatic rings. The predicted molar refractivity (Wildman–Crippen MR) is 101 cm³/mol. The van der Waals surface area contributed by atoms with Crippen molar-refractivity contribution in [3.05, 3.63) is 42.2 Å². The van der Waals surface area contributed by atoms with Crippen LogP contribution >= 0.6 is 0 Å². The summed E-state index contributed by atoms with van der Waals surface area (Å²) >= 11 is 0. The van der Waals surface area contributed by atoms with Gasteiger partial charge < -0.3 is 14.8 Å². The van der Waals surface area contributed by atoms with Gasteiger partial charge in [0.1, 0.15) is 0 Å². The van der Waals surface area contributed by atoms with Crippen LogP contribution < -0.4 is 10.1 Å².